The van der Waals surface area contributed by atoms with E-state index in [-0.39, 0.29) is 5.54 Å². The average Bonchev–Trinajstić information content (AvgIpc) is 2.89. The van der Waals surface area contributed by atoms with Crippen LogP contribution in [0.25, 0.3) is 0 Å². The van der Waals surface area contributed by atoms with E-state index in [1.54, 1.807) is 6.20 Å². The van der Waals surface area contributed by atoms with Crippen molar-refractivity contribution in [1.82, 2.24) is 10.3 Å². The zero-order valence-corrected chi connectivity index (χ0v) is 14.5. The molecule has 1 aromatic heterocycles. The topological polar surface area (TPSA) is 28.2 Å². The summed E-state index contributed by atoms with van der Waals surface area (Å²) in [5.74, 6) is 1.85. The molecule has 0 aliphatic heterocycles. The molecule has 1 heterocycles. The summed E-state index contributed by atoms with van der Waals surface area (Å²) >= 11 is 6.28. The molecule has 0 spiro atoms. The maximum absolute atomic E-state index is 6.28. The summed E-state index contributed by atoms with van der Waals surface area (Å²) < 4.78 is 0. The smallest absolute Gasteiger partial charge is 0.128 e. The Kier molecular flexibility index (Phi) is 5.50. The molecule has 2 rings (SSSR count). The van der Waals surface area contributed by atoms with Crippen molar-refractivity contribution >= 4 is 17.4 Å². The van der Waals surface area contributed by atoms with Gasteiger partial charge in [-0.15, -0.1) is 0 Å². The van der Waals surface area contributed by atoms with Crippen LogP contribution in [-0.2, 0) is 6.54 Å². The Bertz CT molecular complexity index is 462. The van der Waals surface area contributed by atoms with Crippen LogP contribution < -0.4 is 10.2 Å². The lowest BCUT2D eigenvalue weighted by Gasteiger charge is -2.24. The molecule has 0 unspecified atom stereocenters. The van der Waals surface area contributed by atoms with Gasteiger partial charge in [-0.25, -0.2) is 4.98 Å². The van der Waals surface area contributed by atoms with Crippen LogP contribution in [0.5, 0.6) is 0 Å². The number of anilines is 1. The van der Waals surface area contributed by atoms with Gasteiger partial charge in [-0.05, 0) is 51.2 Å². The van der Waals surface area contributed by atoms with Gasteiger partial charge in [-0.1, -0.05) is 24.4 Å². The monoisotopic (exact) mass is 309 g/mol. The van der Waals surface area contributed by atoms with Gasteiger partial charge in [0.05, 0.1) is 5.02 Å². The van der Waals surface area contributed by atoms with Crippen LogP contribution in [0.4, 0.5) is 5.82 Å². The van der Waals surface area contributed by atoms with E-state index in [0.717, 1.165) is 35.4 Å². The van der Waals surface area contributed by atoms with Crippen LogP contribution in [0.15, 0.2) is 12.3 Å². The fourth-order valence-electron chi connectivity index (χ4n) is 2.85. The van der Waals surface area contributed by atoms with Gasteiger partial charge in [0, 0.05) is 31.9 Å². The zero-order chi connectivity index (χ0) is 15.5. The van der Waals surface area contributed by atoms with Crippen molar-refractivity contribution in [2.24, 2.45) is 5.92 Å². The van der Waals surface area contributed by atoms with Crippen molar-refractivity contribution in [2.45, 2.75) is 58.5 Å². The van der Waals surface area contributed by atoms with Crippen LogP contribution in [0.1, 0.15) is 52.0 Å². The maximum atomic E-state index is 6.28. The molecule has 1 saturated carbocycles. The van der Waals surface area contributed by atoms with Crippen LogP contribution in [-0.4, -0.2) is 24.1 Å². The second-order valence-corrected chi connectivity index (χ2v) is 7.68. The summed E-state index contributed by atoms with van der Waals surface area (Å²) in [6, 6.07) is 2.12. The zero-order valence-electron chi connectivity index (χ0n) is 13.7. The summed E-state index contributed by atoms with van der Waals surface area (Å²) in [6.45, 7) is 8.36. The van der Waals surface area contributed by atoms with E-state index in [0.29, 0.717) is 0 Å². The molecule has 0 aromatic carbocycles. The number of nitrogens with zero attached hydrogens (tertiary/aromatic N) is 2. The van der Waals surface area contributed by atoms with Gasteiger partial charge >= 0.3 is 0 Å². The van der Waals surface area contributed by atoms with Crippen molar-refractivity contribution in [1.29, 1.82) is 0 Å². The second-order valence-electron chi connectivity index (χ2n) is 7.27. The molecule has 1 aromatic rings. The molecule has 0 bridgehead atoms. The molecule has 0 saturated heterocycles. The third-order valence-electron chi connectivity index (χ3n) is 4.13. The molecule has 4 heteroatoms. The minimum absolute atomic E-state index is 0.0858. The largest absolute Gasteiger partial charge is 0.359 e. The van der Waals surface area contributed by atoms with Crippen molar-refractivity contribution < 1.29 is 0 Å². The molecular formula is C17H28ClN3. The predicted octanol–water partition coefficient (Wildman–Crippen LogP) is 4.25. The fourth-order valence-corrected chi connectivity index (χ4v) is 3.02. The third kappa shape index (κ3) is 5.15. The molecular weight excluding hydrogens is 282 g/mol. The Morgan fingerprint density at radius 1 is 1.33 bits per heavy atom. The van der Waals surface area contributed by atoms with E-state index in [9.17, 15) is 0 Å². The van der Waals surface area contributed by atoms with Gasteiger partial charge in [-0.2, -0.15) is 0 Å². The normalized spacial score (nSPS) is 16.4. The van der Waals surface area contributed by atoms with E-state index in [4.69, 9.17) is 11.6 Å². The van der Waals surface area contributed by atoms with Gasteiger partial charge in [0.15, 0.2) is 0 Å². The van der Waals surface area contributed by atoms with E-state index >= 15 is 0 Å². The van der Waals surface area contributed by atoms with Crippen molar-refractivity contribution in [3.05, 3.63) is 22.8 Å². The van der Waals surface area contributed by atoms with Gasteiger partial charge in [0.2, 0.25) is 0 Å². The summed E-state index contributed by atoms with van der Waals surface area (Å²) in [6.07, 6.45) is 7.26. The quantitative estimate of drug-likeness (QED) is 0.881. The van der Waals surface area contributed by atoms with Gasteiger partial charge in [0.25, 0.3) is 0 Å². The highest BCUT2D eigenvalue weighted by Crippen LogP contribution is 2.27. The Hall–Kier alpha value is -0.800. The molecule has 118 valence electrons. The van der Waals surface area contributed by atoms with Crippen LogP contribution in [0.2, 0.25) is 5.02 Å². The third-order valence-corrected chi connectivity index (χ3v) is 4.47. The van der Waals surface area contributed by atoms with Crippen molar-refractivity contribution in [2.75, 3.05) is 18.5 Å². The molecule has 1 N–H and O–H groups in total. The van der Waals surface area contributed by atoms with Gasteiger partial charge in [0.1, 0.15) is 5.82 Å². The molecule has 1 aliphatic rings. The molecule has 0 atom stereocenters. The van der Waals surface area contributed by atoms with Crippen molar-refractivity contribution in [3.8, 4) is 0 Å². The first kappa shape index (κ1) is 16.6. The second kappa shape index (κ2) is 6.97. The lowest BCUT2D eigenvalue weighted by Crippen LogP contribution is -2.35. The highest BCUT2D eigenvalue weighted by atomic mass is 35.5. The van der Waals surface area contributed by atoms with Gasteiger partial charge in [-0.3, -0.25) is 0 Å². The maximum Gasteiger partial charge on any atom is 0.128 e. The summed E-state index contributed by atoms with van der Waals surface area (Å²) in [5, 5.41) is 4.23. The first-order valence-electron chi connectivity index (χ1n) is 7.96. The molecule has 21 heavy (non-hydrogen) atoms. The fraction of sp³-hybridized carbons (Fsp3) is 0.706. The van der Waals surface area contributed by atoms with Crippen LogP contribution in [0, 0.1) is 5.92 Å². The number of nitrogens with one attached hydrogen (secondary N) is 1. The summed E-state index contributed by atoms with van der Waals surface area (Å²) in [7, 11) is 2.13. The molecule has 1 fully saturated rings. The van der Waals surface area contributed by atoms with E-state index in [1.807, 2.05) is 0 Å². The van der Waals surface area contributed by atoms with Crippen molar-refractivity contribution in [3.63, 3.8) is 0 Å². The lowest BCUT2D eigenvalue weighted by atomic mass is 10.1. The number of hydrogen-bond acceptors (Lipinski definition) is 3. The SMILES string of the molecule is CN(CC1CCCC1)c1cc(CNC(C)(C)C)c(Cl)cn1. The molecule has 3 nitrogen and oxygen atoms in total. The Balaban J connectivity index is 2.02. The van der Waals surface area contributed by atoms with E-state index < -0.39 is 0 Å². The lowest BCUT2D eigenvalue weighted by molar-refractivity contribution is 0.424. The molecule has 0 radical (unpaired) electrons. The highest BCUT2D eigenvalue weighted by molar-refractivity contribution is 6.31. The Morgan fingerprint density at radius 2 is 2.00 bits per heavy atom. The highest BCUT2D eigenvalue weighted by Gasteiger charge is 2.18. The Morgan fingerprint density at radius 3 is 2.62 bits per heavy atom. The average molecular weight is 310 g/mol. The number of halogens is 1. The minimum Gasteiger partial charge on any atom is -0.359 e. The number of rotatable bonds is 5. The minimum atomic E-state index is 0.0858. The van der Waals surface area contributed by atoms with Crippen LogP contribution >= 0.6 is 11.6 Å². The molecule has 1 aliphatic carbocycles. The summed E-state index contributed by atoms with van der Waals surface area (Å²) in [4.78, 5) is 6.76. The molecule has 0 amide bonds. The first-order chi connectivity index (χ1) is 9.85. The van der Waals surface area contributed by atoms with Gasteiger partial charge < -0.3 is 10.2 Å². The first-order valence-corrected chi connectivity index (χ1v) is 8.33. The summed E-state index contributed by atoms with van der Waals surface area (Å²) in [5.41, 5.74) is 1.21. The number of aromatic nitrogens is 1. The predicted molar refractivity (Wildman–Crippen MR) is 91.1 cm³/mol. The van der Waals surface area contributed by atoms with Crippen LogP contribution in [0.3, 0.4) is 0 Å². The Labute approximate surface area is 134 Å². The standard InChI is InChI=1S/C17H28ClN3/c1-17(2,3)20-10-14-9-16(19-11-15(14)18)21(4)12-13-7-5-6-8-13/h9,11,13,20H,5-8,10,12H2,1-4H3. The number of pyridine rings is 1. The van der Waals surface area contributed by atoms with E-state index in [2.05, 4.69) is 49.1 Å². The van der Waals surface area contributed by atoms with E-state index in [1.165, 1.54) is 25.7 Å². The number of hydrogen-bond donors (Lipinski definition) is 1.